The number of carbonyl (C=O) groups excluding carboxylic acids is 2. The molecule has 5 rings (SSSR count). The Balaban J connectivity index is 1.29. The van der Waals surface area contributed by atoms with Crippen LogP contribution in [0.1, 0.15) is 36.0 Å². The van der Waals surface area contributed by atoms with Gasteiger partial charge in [-0.25, -0.2) is 4.98 Å². The Morgan fingerprint density at radius 2 is 1.58 bits per heavy atom. The van der Waals surface area contributed by atoms with E-state index in [4.69, 9.17) is 11.6 Å². The van der Waals surface area contributed by atoms with Crippen molar-refractivity contribution in [2.75, 3.05) is 10.6 Å². The molecule has 0 spiro atoms. The number of carbonyl (C=O) groups is 2. The van der Waals surface area contributed by atoms with Crippen LogP contribution in [0.4, 0.5) is 11.4 Å². The fourth-order valence-corrected chi connectivity index (χ4v) is 4.31. The molecule has 1 aliphatic carbocycles. The van der Waals surface area contributed by atoms with E-state index in [0.29, 0.717) is 16.3 Å². The lowest BCUT2D eigenvalue weighted by molar-refractivity contribution is -0.288. The summed E-state index contributed by atoms with van der Waals surface area (Å²) in [6.07, 6.45) is 4.23. The number of anilines is 2. The SMILES string of the molecule is O=C(Nc1ccc2nc(-c3ccc(NC(=O)C4CCCC4)cc3)[nH]c2c1)c1ccc([ClH+])cc1. The molecule has 3 N–H and O–H groups in total. The average Bonchev–Trinajstić information content (AvgIpc) is 3.50. The Bertz CT molecular complexity index is 1310. The molecule has 6 nitrogen and oxygen atoms in total. The molecule has 33 heavy (non-hydrogen) atoms. The van der Waals surface area contributed by atoms with Gasteiger partial charge in [0.2, 0.25) is 10.9 Å². The Kier molecular flexibility index (Phi) is 5.84. The van der Waals surface area contributed by atoms with Crippen LogP contribution in [0.5, 0.6) is 0 Å². The van der Waals surface area contributed by atoms with E-state index in [2.05, 4.69) is 20.6 Å². The number of rotatable bonds is 5. The van der Waals surface area contributed by atoms with Crippen molar-refractivity contribution in [2.45, 2.75) is 25.7 Å². The zero-order valence-electron chi connectivity index (χ0n) is 17.9. The maximum Gasteiger partial charge on any atom is 0.255 e. The van der Waals surface area contributed by atoms with Crippen LogP contribution in [0, 0.1) is 17.5 Å². The van der Waals surface area contributed by atoms with Crippen LogP contribution in [0.2, 0.25) is 5.02 Å². The molecule has 1 saturated carbocycles. The molecular weight excluding hydrogens is 436 g/mol. The first-order valence-electron chi connectivity index (χ1n) is 11.0. The predicted octanol–water partition coefficient (Wildman–Crippen LogP) is 5.31. The molecule has 0 saturated heterocycles. The number of aromatic amines is 1. The number of H-pyrrole nitrogens is 1. The monoisotopic (exact) mass is 459 g/mol. The highest BCUT2D eigenvalue weighted by molar-refractivity contribution is 6.05. The second-order valence-corrected chi connectivity index (χ2v) is 8.82. The molecule has 0 atom stereocenters. The van der Waals surface area contributed by atoms with Crippen molar-refractivity contribution in [3.8, 4) is 11.4 Å². The molecule has 7 heteroatoms. The molecule has 0 unspecified atom stereocenters. The van der Waals surface area contributed by atoms with Gasteiger partial charge in [-0.2, -0.15) is 0 Å². The van der Waals surface area contributed by atoms with Crippen molar-refractivity contribution in [1.29, 1.82) is 0 Å². The van der Waals surface area contributed by atoms with Gasteiger partial charge in [0.15, 0.2) is 11.6 Å². The lowest BCUT2D eigenvalue weighted by Crippen LogP contribution is -2.20. The standard InChI is InChI=1S/C26H23ClN4O2/c27-19-9-5-18(6-10-19)26(33)29-21-13-14-22-23(15-21)31-24(30-22)16-7-11-20(12-8-16)28-25(32)17-3-1-2-4-17/h5-15,17,27H,1-4H2,(H2-,28,29,30,31,32,33)/p+1. The third-order valence-electron chi connectivity index (χ3n) is 6.01. The van der Waals surface area contributed by atoms with E-state index in [1.54, 1.807) is 24.3 Å². The minimum Gasteiger partial charge on any atom is -0.338 e. The smallest absolute Gasteiger partial charge is 0.255 e. The van der Waals surface area contributed by atoms with Gasteiger partial charge in [0.25, 0.3) is 5.91 Å². The van der Waals surface area contributed by atoms with Gasteiger partial charge in [0.05, 0.1) is 11.0 Å². The van der Waals surface area contributed by atoms with E-state index >= 15 is 0 Å². The molecule has 3 aromatic carbocycles. The Hall–Kier alpha value is -3.64. The molecule has 1 heterocycles. The van der Waals surface area contributed by atoms with Crippen molar-refractivity contribution < 1.29 is 21.2 Å². The van der Waals surface area contributed by atoms with Crippen molar-refractivity contribution in [1.82, 2.24) is 9.97 Å². The Morgan fingerprint density at radius 1 is 0.879 bits per heavy atom. The maximum absolute atomic E-state index is 12.5. The van der Waals surface area contributed by atoms with E-state index in [1.807, 2.05) is 42.5 Å². The Morgan fingerprint density at radius 3 is 2.30 bits per heavy atom. The van der Waals surface area contributed by atoms with Crippen LogP contribution in [-0.2, 0) is 4.79 Å². The first kappa shape index (κ1) is 21.2. The normalized spacial score (nSPS) is 13.8. The van der Waals surface area contributed by atoms with Crippen LogP contribution >= 0.6 is 0 Å². The highest BCUT2D eigenvalue weighted by atomic mass is 35.5. The molecule has 0 radical (unpaired) electrons. The number of nitrogens with zero attached hydrogens (tertiary/aromatic N) is 1. The number of imidazole rings is 1. The minimum absolute atomic E-state index is 0.110. The van der Waals surface area contributed by atoms with E-state index in [1.165, 1.54) is 0 Å². The molecular formula is C26H24ClN4O2+. The van der Waals surface area contributed by atoms with Crippen molar-refractivity contribution in [3.05, 3.63) is 77.3 Å². The van der Waals surface area contributed by atoms with E-state index in [-0.39, 0.29) is 17.7 Å². The Labute approximate surface area is 196 Å². The van der Waals surface area contributed by atoms with Crippen molar-refractivity contribution in [3.63, 3.8) is 0 Å². The van der Waals surface area contributed by atoms with Crippen LogP contribution in [0.25, 0.3) is 22.4 Å². The first-order chi connectivity index (χ1) is 16.0. The second-order valence-electron chi connectivity index (χ2n) is 8.34. The number of aromatic nitrogens is 2. The van der Waals surface area contributed by atoms with Gasteiger partial charge < -0.3 is 15.6 Å². The number of benzene rings is 3. The van der Waals surface area contributed by atoms with Gasteiger partial charge in [-0.1, -0.05) is 12.8 Å². The number of amides is 2. The molecule has 1 aliphatic rings. The highest BCUT2D eigenvalue weighted by Crippen LogP contribution is 2.27. The van der Waals surface area contributed by atoms with Crippen molar-refractivity contribution >= 4 is 34.2 Å². The topological polar surface area (TPSA) is 86.9 Å². The summed E-state index contributed by atoms with van der Waals surface area (Å²) >= 11 is 5.07. The number of halogens is 1. The largest absolute Gasteiger partial charge is 0.338 e. The van der Waals surface area contributed by atoms with Crippen LogP contribution < -0.4 is 10.6 Å². The number of hydrogen-bond donors (Lipinski definition) is 3. The predicted molar refractivity (Wildman–Crippen MR) is 127 cm³/mol. The zero-order valence-corrected chi connectivity index (χ0v) is 18.7. The molecule has 2 amide bonds. The second kappa shape index (κ2) is 9.08. The maximum atomic E-state index is 12.5. The lowest BCUT2D eigenvalue weighted by Gasteiger charge is -2.10. The summed E-state index contributed by atoms with van der Waals surface area (Å²) < 4.78 is 0. The summed E-state index contributed by atoms with van der Waals surface area (Å²) in [7, 11) is 0. The average molecular weight is 460 g/mol. The van der Waals surface area contributed by atoms with E-state index < -0.39 is 0 Å². The zero-order chi connectivity index (χ0) is 22.8. The summed E-state index contributed by atoms with van der Waals surface area (Å²) in [4.78, 5) is 32.8. The van der Waals surface area contributed by atoms with Gasteiger partial charge in [-0.05, 0) is 67.4 Å². The molecule has 1 fully saturated rings. The number of nitrogens with one attached hydrogen (secondary N) is 3. The first-order valence-corrected chi connectivity index (χ1v) is 11.5. The van der Waals surface area contributed by atoms with Gasteiger partial charge in [-0.3, -0.25) is 9.59 Å². The third-order valence-corrected chi connectivity index (χ3v) is 6.28. The summed E-state index contributed by atoms with van der Waals surface area (Å²) in [6, 6.07) is 20.1. The third kappa shape index (κ3) is 4.76. The number of fused-ring (bicyclic) bond motifs is 1. The summed E-state index contributed by atoms with van der Waals surface area (Å²) in [6.45, 7) is 0. The number of hydrogen-bond acceptors (Lipinski definition) is 3. The molecule has 4 aromatic rings. The summed E-state index contributed by atoms with van der Waals surface area (Å²) in [5, 5.41) is 6.62. The van der Waals surface area contributed by atoms with Crippen molar-refractivity contribution in [2.24, 2.45) is 5.92 Å². The van der Waals surface area contributed by atoms with Gasteiger partial charge in [0.1, 0.15) is 5.82 Å². The highest BCUT2D eigenvalue weighted by Gasteiger charge is 2.22. The fraction of sp³-hybridized carbons (Fsp3) is 0.192. The molecule has 0 aliphatic heterocycles. The van der Waals surface area contributed by atoms with Gasteiger partial charge >= 0.3 is 0 Å². The van der Waals surface area contributed by atoms with Crippen LogP contribution in [-0.4, -0.2) is 21.8 Å². The van der Waals surface area contributed by atoms with Crippen LogP contribution in [0.3, 0.4) is 0 Å². The quantitative estimate of drug-likeness (QED) is 0.378. The summed E-state index contributed by atoms with van der Waals surface area (Å²) in [5.41, 5.74) is 4.56. The summed E-state index contributed by atoms with van der Waals surface area (Å²) in [5.74, 6) is 0.775. The van der Waals surface area contributed by atoms with E-state index in [0.717, 1.165) is 53.8 Å². The van der Waals surface area contributed by atoms with Gasteiger partial charge in [0, 0.05) is 40.6 Å². The van der Waals surface area contributed by atoms with Crippen LogP contribution in [0.15, 0.2) is 66.7 Å². The van der Waals surface area contributed by atoms with E-state index in [9.17, 15) is 9.59 Å². The molecule has 166 valence electrons. The molecule has 1 aromatic heterocycles. The molecule has 0 bridgehead atoms. The fourth-order valence-electron chi connectivity index (χ4n) is 4.18. The minimum atomic E-state index is -0.195. The lowest BCUT2D eigenvalue weighted by atomic mass is 10.1. The van der Waals surface area contributed by atoms with Gasteiger partial charge in [-0.15, -0.1) is 0 Å².